The Bertz CT molecular complexity index is 1730. The number of aryl methyl sites for hydroxylation is 1. The van der Waals surface area contributed by atoms with Crippen molar-refractivity contribution in [3.8, 4) is 5.75 Å². The summed E-state index contributed by atoms with van der Waals surface area (Å²) in [5.41, 5.74) is 1.97. The number of halogens is 1. The van der Waals surface area contributed by atoms with E-state index in [1.807, 2.05) is 25.1 Å². The molecule has 0 unspecified atom stereocenters. The van der Waals surface area contributed by atoms with Gasteiger partial charge >= 0.3 is 0 Å². The monoisotopic (exact) mass is 741 g/mol. The molecular weight excluding hydrogens is 690 g/mol. The highest BCUT2D eigenvalue weighted by Gasteiger charge is 2.48. The Morgan fingerprint density at radius 3 is 2.73 bits per heavy atom. The third-order valence-corrected chi connectivity index (χ3v) is 14.4. The van der Waals surface area contributed by atoms with Gasteiger partial charge in [-0.05, 0) is 105 Å². The van der Waals surface area contributed by atoms with E-state index in [0.29, 0.717) is 38.5 Å². The van der Waals surface area contributed by atoms with Crippen LogP contribution in [0.5, 0.6) is 5.75 Å². The van der Waals surface area contributed by atoms with Gasteiger partial charge in [0.1, 0.15) is 11.4 Å². The Morgan fingerprint density at radius 1 is 1.12 bits per heavy atom. The van der Waals surface area contributed by atoms with E-state index in [0.717, 1.165) is 75.7 Å². The molecule has 12 heteroatoms. The van der Waals surface area contributed by atoms with E-state index in [-0.39, 0.29) is 35.3 Å². The van der Waals surface area contributed by atoms with Crippen molar-refractivity contribution >= 4 is 33.2 Å². The zero-order valence-corrected chi connectivity index (χ0v) is 31.4. The molecule has 6 atom stereocenters. The van der Waals surface area contributed by atoms with Crippen molar-refractivity contribution in [2.75, 3.05) is 70.7 Å². The van der Waals surface area contributed by atoms with Gasteiger partial charge in [-0.1, -0.05) is 36.7 Å². The maximum absolute atomic E-state index is 13.5. The summed E-state index contributed by atoms with van der Waals surface area (Å²) in [6, 6.07) is 11.4. The van der Waals surface area contributed by atoms with Crippen molar-refractivity contribution in [2.24, 2.45) is 17.8 Å². The normalized spacial score (nSPS) is 33.2. The van der Waals surface area contributed by atoms with Gasteiger partial charge in [0, 0.05) is 48.7 Å². The summed E-state index contributed by atoms with van der Waals surface area (Å²) in [5.74, 6) is -0.201. The minimum absolute atomic E-state index is 0.0611. The highest BCUT2D eigenvalue weighted by atomic mass is 35.5. The fourth-order valence-electron chi connectivity index (χ4n) is 8.78. The Hall–Kier alpha value is -2.67. The van der Waals surface area contributed by atoms with Gasteiger partial charge in [0.2, 0.25) is 10.0 Å². The van der Waals surface area contributed by atoms with Crippen LogP contribution in [0.2, 0.25) is 5.02 Å². The number of hydrogen-bond acceptors (Lipinski definition) is 9. The molecule has 0 radical (unpaired) electrons. The largest absolute Gasteiger partial charge is 0.490 e. The number of benzene rings is 2. The van der Waals surface area contributed by atoms with Crippen LogP contribution in [0, 0.1) is 17.8 Å². The summed E-state index contributed by atoms with van der Waals surface area (Å²) in [6.07, 6.45) is 8.89. The zero-order valence-electron chi connectivity index (χ0n) is 29.8. The van der Waals surface area contributed by atoms with E-state index < -0.39 is 26.8 Å². The number of nitrogens with one attached hydrogen (secondary N) is 1. The van der Waals surface area contributed by atoms with Crippen molar-refractivity contribution in [3.63, 3.8) is 0 Å². The molecule has 2 aromatic carbocycles. The number of rotatable bonds is 5. The first kappa shape index (κ1) is 36.7. The number of nitrogens with zero attached hydrogens (tertiary/aromatic N) is 2. The Balaban J connectivity index is 1.23. The molecule has 0 aromatic heterocycles. The fraction of sp³-hybridized carbons (Fsp3) is 0.615. The van der Waals surface area contributed by atoms with Crippen LogP contribution in [0.15, 0.2) is 48.6 Å². The maximum atomic E-state index is 13.5. The number of amides is 1. The topological polar surface area (TPSA) is 118 Å². The first-order chi connectivity index (χ1) is 24.5. The molecule has 1 spiro atoms. The first-order valence-electron chi connectivity index (χ1n) is 18.6. The summed E-state index contributed by atoms with van der Waals surface area (Å²) in [6.45, 7) is 9.89. The molecule has 2 aliphatic carbocycles. The SMILES string of the molecule is C[C@@H]1[C@@H](C)C/C=C/[C@@](O)(COCCN2CCOCC2)[C@@H]2CC[C@H]2CN2C[C@@]3(CCCc4cc(Cl)ccc43)COc3ccc(cc32)C(=O)NS1(=O)=O. The summed E-state index contributed by atoms with van der Waals surface area (Å²) in [4.78, 5) is 18.2. The van der Waals surface area contributed by atoms with Gasteiger partial charge in [-0.2, -0.15) is 0 Å². The summed E-state index contributed by atoms with van der Waals surface area (Å²) in [7, 11) is -3.99. The second kappa shape index (κ2) is 15.0. The molecule has 5 aliphatic rings. The highest BCUT2D eigenvalue weighted by molar-refractivity contribution is 7.90. The number of sulfonamides is 1. The maximum Gasteiger partial charge on any atom is 0.264 e. The van der Waals surface area contributed by atoms with Crippen molar-refractivity contribution in [1.29, 1.82) is 0 Å². The van der Waals surface area contributed by atoms with Gasteiger partial charge in [-0.25, -0.2) is 13.1 Å². The molecule has 278 valence electrons. The third-order valence-electron chi connectivity index (χ3n) is 12.2. The summed E-state index contributed by atoms with van der Waals surface area (Å²) in [5, 5.41) is 12.3. The van der Waals surface area contributed by atoms with E-state index in [4.69, 9.17) is 25.8 Å². The molecule has 2 bridgehead atoms. The van der Waals surface area contributed by atoms with Gasteiger partial charge < -0.3 is 24.2 Å². The van der Waals surface area contributed by atoms with Crippen molar-refractivity contribution in [3.05, 3.63) is 70.3 Å². The second-order valence-corrected chi connectivity index (χ2v) is 18.0. The molecule has 1 saturated heterocycles. The number of ether oxygens (including phenoxy) is 3. The van der Waals surface area contributed by atoms with Crippen LogP contribution in [0.25, 0.3) is 0 Å². The number of carbonyl (C=O) groups excluding carboxylic acids is 1. The van der Waals surface area contributed by atoms with Gasteiger partial charge in [0.15, 0.2) is 0 Å². The van der Waals surface area contributed by atoms with E-state index >= 15 is 0 Å². The Labute approximate surface area is 307 Å². The predicted octanol–water partition coefficient (Wildman–Crippen LogP) is 4.96. The average molecular weight is 742 g/mol. The van der Waals surface area contributed by atoms with Crippen LogP contribution in [0.1, 0.15) is 67.4 Å². The molecule has 3 aliphatic heterocycles. The van der Waals surface area contributed by atoms with Crippen LogP contribution < -0.4 is 14.4 Å². The molecule has 2 fully saturated rings. The van der Waals surface area contributed by atoms with Crippen molar-refractivity contribution in [2.45, 2.75) is 68.6 Å². The molecule has 51 heavy (non-hydrogen) atoms. The smallest absolute Gasteiger partial charge is 0.264 e. The Morgan fingerprint density at radius 2 is 1.94 bits per heavy atom. The van der Waals surface area contributed by atoms with Gasteiger partial charge in [0.05, 0.1) is 44.0 Å². The first-order valence-corrected chi connectivity index (χ1v) is 20.5. The van der Waals surface area contributed by atoms with Gasteiger partial charge in [-0.15, -0.1) is 0 Å². The van der Waals surface area contributed by atoms with Crippen molar-refractivity contribution in [1.82, 2.24) is 9.62 Å². The van der Waals surface area contributed by atoms with E-state index in [1.165, 1.54) is 11.1 Å². The quantitative estimate of drug-likeness (QED) is 0.324. The molecule has 1 saturated carbocycles. The summed E-state index contributed by atoms with van der Waals surface area (Å²) < 4.78 is 47.6. The van der Waals surface area contributed by atoms with E-state index in [9.17, 15) is 18.3 Å². The fourth-order valence-corrected chi connectivity index (χ4v) is 10.3. The Kier molecular flexibility index (Phi) is 10.8. The van der Waals surface area contributed by atoms with Gasteiger partial charge in [0.25, 0.3) is 5.91 Å². The molecule has 3 heterocycles. The lowest BCUT2D eigenvalue weighted by Crippen LogP contribution is -2.54. The lowest BCUT2D eigenvalue weighted by atomic mass is 9.64. The van der Waals surface area contributed by atoms with Crippen LogP contribution in [0.4, 0.5) is 5.69 Å². The lowest BCUT2D eigenvalue weighted by molar-refractivity contribution is -0.0981. The van der Waals surface area contributed by atoms with E-state index in [2.05, 4.69) is 26.7 Å². The zero-order chi connectivity index (χ0) is 35.8. The molecule has 2 aromatic rings. The van der Waals surface area contributed by atoms with Crippen LogP contribution in [-0.4, -0.2) is 101 Å². The molecule has 2 N–H and O–H groups in total. The number of carbonyl (C=O) groups is 1. The number of fused-ring (bicyclic) bond motifs is 4. The molecular formula is C39H52ClN3O7S. The second-order valence-electron chi connectivity index (χ2n) is 15.5. The number of morpholine rings is 1. The third kappa shape index (κ3) is 7.71. The lowest BCUT2D eigenvalue weighted by Gasteiger charge is -2.49. The standard InChI is InChI=1S/C39H52ClN3O7S/c1-27-5-3-14-39(45,26-49-20-17-42-15-18-48-19-16-42)34-10-7-31(34)23-43-24-38(13-4-6-29-21-32(40)9-11-33(29)38)25-50-36-12-8-30(22-35(36)43)37(44)41-51(46,47)28(27)2/h3,8-9,11-12,14,21-22,27-28,31,34,45H,4-7,10,13,15-20,23-26H2,1-2H3,(H,41,44)/b14-3+/t27-,28+,31-,34+,38-,39+/m0/s1. The number of hydrogen-bond donors (Lipinski definition) is 2. The average Bonchev–Trinajstić information content (AvgIpc) is 3.24. The van der Waals surface area contributed by atoms with Crippen LogP contribution in [0.3, 0.4) is 0 Å². The van der Waals surface area contributed by atoms with Crippen molar-refractivity contribution < 1.29 is 32.5 Å². The molecule has 1 amide bonds. The summed E-state index contributed by atoms with van der Waals surface area (Å²) >= 11 is 6.46. The number of anilines is 1. The van der Waals surface area contributed by atoms with Crippen LogP contribution in [-0.2, 0) is 31.3 Å². The number of allylic oxidation sites excluding steroid dienone is 1. The minimum Gasteiger partial charge on any atom is -0.490 e. The number of aliphatic hydroxyl groups is 1. The van der Waals surface area contributed by atoms with Crippen LogP contribution >= 0.6 is 11.6 Å². The minimum atomic E-state index is -3.99. The molecule has 10 nitrogen and oxygen atoms in total. The highest BCUT2D eigenvalue weighted by Crippen LogP contribution is 2.48. The molecule has 7 rings (SSSR count). The van der Waals surface area contributed by atoms with Gasteiger partial charge in [-0.3, -0.25) is 9.69 Å². The predicted molar refractivity (Wildman–Crippen MR) is 198 cm³/mol. The van der Waals surface area contributed by atoms with E-state index in [1.54, 1.807) is 25.1 Å².